The largest absolute Gasteiger partial charge is 0.454 e. The zero-order chi connectivity index (χ0) is 32.6. The van der Waals surface area contributed by atoms with Gasteiger partial charge in [-0.15, -0.1) is 0 Å². The third-order valence-electron chi connectivity index (χ3n) is 9.78. The van der Waals surface area contributed by atoms with Crippen molar-refractivity contribution in [3.63, 3.8) is 0 Å². The molecule has 0 aliphatic rings. The zero-order valence-corrected chi connectivity index (χ0v) is 26.1. The van der Waals surface area contributed by atoms with Crippen molar-refractivity contribution in [3.05, 3.63) is 157 Å². The van der Waals surface area contributed by atoms with Gasteiger partial charge in [0.15, 0.2) is 5.58 Å². The van der Waals surface area contributed by atoms with E-state index >= 15 is 0 Å². The van der Waals surface area contributed by atoms with Crippen molar-refractivity contribution < 1.29 is 4.42 Å². The van der Waals surface area contributed by atoms with Crippen molar-refractivity contribution in [2.45, 2.75) is 0 Å². The van der Waals surface area contributed by atoms with Crippen LogP contribution in [0.4, 0.5) is 0 Å². The fourth-order valence-electron chi connectivity index (χ4n) is 7.71. The molecule has 0 N–H and O–H groups in total. The third kappa shape index (κ3) is 3.79. The number of para-hydroxylation sites is 3. The second-order valence-electron chi connectivity index (χ2n) is 12.3. The quantitative estimate of drug-likeness (QED) is 0.196. The van der Waals surface area contributed by atoms with Gasteiger partial charge in [-0.05, 0) is 78.4 Å². The molecule has 0 spiro atoms. The Morgan fingerprint density at radius 3 is 2.00 bits per heavy atom. The van der Waals surface area contributed by atoms with E-state index in [1.54, 1.807) is 0 Å². The van der Waals surface area contributed by atoms with Crippen LogP contribution in [0.3, 0.4) is 0 Å². The first-order valence-electron chi connectivity index (χ1n) is 16.1. The van der Waals surface area contributed by atoms with Crippen LogP contribution in [-0.4, -0.2) is 9.13 Å². The standard InChI is InChI=1S/C44H24N4O/c45-25-27-17-21-39-35(23-27)32-13-5-7-15-38(32)48(39)40-16-8-9-29(26-46)42(40)28-18-22-41-36(24-28)34-20-19-33-31-12-4-6-14-37(31)47(43(33)44(34)49-41)30-10-2-1-3-11-30/h1-24H. The summed E-state index contributed by atoms with van der Waals surface area (Å²) in [5.74, 6) is 0. The van der Waals surface area contributed by atoms with Crippen molar-refractivity contribution in [1.82, 2.24) is 9.13 Å². The maximum absolute atomic E-state index is 10.5. The first-order chi connectivity index (χ1) is 24.2. The molecule has 7 aromatic carbocycles. The summed E-state index contributed by atoms with van der Waals surface area (Å²) in [4.78, 5) is 0. The summed E-state index contributed by atoms with van der Waals surface area (Å²) in [6, 6.07) is 54.1. The second kappa shape index (κ2) is 10.2. The van der Waals surface area contributed by atoms with Crippen LogP contribution in [0, 0.1) is 22.7 Å². The van der Waals surface area contributed by atoms with Gasteiger partial charge < -0.3 is 13.6 Å². The first kappa shape index (κ1) is 27.1. The molecule has 0 atom stereocenters. The lowest BCUT2D eigenvalue weighted by Gasteiger charge is -2.15. The van der Waals surface area contributed by atoms with E-state index in [-0.39, 0.29) is 0 Å². The molecule has 226 valence electrons. The molecule has 5 heteroatoms. The van der Waals surface area contributed by atoms with Gasteiger partial charge in [0, 0.05) is 43.6 Å². The van der Waals surface area contributed by atoms with E-state index in [0.29, 0.717) is 11.1 Å². The fourth-order valence-corrected chi connectivity index (χ4v) is 7.71. The SMILES string of the molecule is N#Cc1ccc2c(c1)c1ccccc1n2-c1cccc(C#N)c1-c1ccc2oc3c(ccc4c5ccccc5n(-c5ccccc5)c43)c2c1. The van der Waals surface area contributed by atoms with Crippen LogP contribution in [0.1, 0.15) is 11.1 Å². The highest BCUT2D eigenvalue weighted by Crippen LogP contribution is 2.43. The molecule has 0 amide bonds. The average molecular weight is 625 g/mol. The van der Waals surface area contributed by atoms with E-state index in [4.69, 9.17) is 4.42 Å². The molecule has 10 aromatic rings. The van der Waals surface area contributed by atoms with Crippen LogP contribution in [-0.2, 0) is 0 Å². The molecule has 3 heterocycles. The van der Waals surface area contributed by atoms with E-state index in [1.165, 1.54) is 5.39 Å². The van der Waals surface area contributed by atoms with Crippen molar-refractivity contribution >= 4 is 65.6 Å². The Hall–Kier alpha value is -7.08. The topological polar surface area (TPSA) is 70.6 Å². The minimum absolute atomic E-state index is 0.579. The van der Waals surface area contributed by atoms with Gasteiger partial charge in [0.25, 0.3) is 0 Å². The molecule has 0 unspecified atom stereocenters. The molecule has 5 nitrogen and oxygen atoms in total. The van der Waals surface area contributed by atoms with E-state index in [2.05, 4.69) is 112 Å². The monoisotopic (exact) mass is 624 g/mol. The molecule has 0 radical (unpaired) electrons. The van der Waals surface area contributed by atoms with Gasteiger partial charge in [0.1, 0.15) is 5.58 Å². The Kier molecular flexibility index (Phi) is 5.64. The molecule has 0 aliphatic heterocycles. The van der Waals surface area contributed by atoms with Crippen molar-refractivity contribution in [3.8, 4) is 34.6 Å². The van der Waals surface area contributed by atoms with Crippen molar-refractivity contribution in [2.75, 3.05) is 0 Å². The van der Waals surface area contributed by atoms with Gasteiger partial charge >= 0.3 is 0 Å². The summed E-state index contributed by atoms with van der Waals surface area (Å²) in [5.41, 5.74) is 10.7. The molecule has 0 fully saturated rings. The highest BCUT2D eigenvalue weighted by molar-refractivity contribution is 6.22. The maximum Gasteiger partial charge on any atom is 0.160 e. The number of nitrogens with zero attached hydrogens (tertiary/aromatic N) is 4. The Bertz CT molecular complexity index is 3070. The maximum atomic E-state index is 10.5. The number of aromatic nitrogens is 2. The van der Waals surface area contributed by atoms with E-state index in [0.717, 1.165) is 82.7 Å². The summed E-state index contributed by atoms with van der Waals surface area (Å²) in [6.45, 7) is 0. The number of furan rings is 1. The smallest absolute Gasteiger partial charge is 0.160 e. The van der Waals surface area contributed by atoms with E-state index in [1.807, 2.05) is 54.6 Å². The molecule has 0 saturated heterocycles. The zero-order valence-electron chi connectivity index (χ0n) is 26.1. The lowest BCUT2D eigenvalue weighted by Crippen LogP contribution is -1.99. The van der Waals surface area contributed by atoms with Gasteiger partial charge in [0.05, 0.1) is 51.0 Å². The number of fused-ring (bicyclic) bond motifs is 10. The first-order valence-corrected chi connectivity index (χ1v) is 16.1. The summed E-state index contributed by atoms with van der Waals surface area (Å²) in [7, 11) is 0. The lowest BCUT2D eigenvalue weighted by atomic mass is 9.96. The summed E-state index contributed by atoms with van der Waals surface area (Å²) >= 11 is 0. The number of hydrogen-bond acceptors (Lipinski definition) is 3. The number of hydrogen-bond donors (Lipinski definition) is 0. The van der Waals surface area contributed by atoms with Gasteiger partial charge in [-0.3, -0.25) is 0 Å². The fraction of sp³-hybridized carbons (Fsp3) is 0. The molecule has 0 aliphatic carbocycles. The Balaban J connectivity index is 1.27. The predicted molar refractivity (Wildman–Crippen MR) is 197 cm³/mol. The van der Waals surface area contributed by atoms with Crippen LogP contribution in [0.25, 0.3) is 88.1 Å². The van der Waals surface area contributed by atoms with Gasteiger partial charge in [-0.1, -0.05) is 72.8 Å². The molecule has 10 rings (SSSR count). The molecular formula is C44H24N4O. The van der Waals surface area contributed by atoms with Crippen molar-refractivity contribution in [2.24, 2.45) is 0 Å². The minimum Gasteiger partial charge on any atom is -0.454 e. The number of nitriles is 2. The van der Waals surface area contributed by atoms with Gasteiger partial charge in [-0.2, -0.15) is 10.5 Å². The molecule has 0 bridgehead atoms. The second-order valence-corrected chi connectivity index (χ2v) is 12.3. The van der Waals surface area contributed by atoms with Crippen LogP contribution in [0.2, 0.25) is 0 Å². The molecule has 49 heavy (non-hydrogen) atoms. The molecule has 0 saturated carbocycles. The predicted octanol–water partition coefficient (Wildman–Crippen LogP) is 11.2. The van der Waals surface area contributed by atoms with Crippen molar-refractivity contribution in [1.29, 1.82) is 10.5 Å². The normalized spacial score (nSPS) is 11.6. The van der Waals surface area contributed by atoms with E-state index < -0.39 is 0 Å². The van der Waals surface area contributed by atoms with Gasteiger partial charge in [0.2, 0.25) is 0 Å². The van der Waals surface area contributed by atoms with E-state index in [9.17, 15) is 10.5 Å². The van der Waals surface area contributed by atoms with Gasteiger partial charge in [-0.25, -0.2) is 0 Å². The highest BCUT2D eigenvalue weighted by atomic mass is 16.3. The van der Waals surface area contributed by atoms with Crippen LogP contribution < -0.4 is 0 Å². The number of rotatable bonds is 3. The summed E-state index contributed by atoms with van der Waals surface area (Å²) in [5, 5.41) is 26.5. The molecule has 3 aromatic heterocycles. The highest BCUT2D eigenvalue weighted by Gasteiger charge is 2.22. The number of benzene rings is 7. The van der Waals surface area contributed by atoms with Crippen LogP contribution in [0.5, 0.6) is 0 Å². The lowest BCUT2D eigenvalue weighted by molar-refractivity contribution is 0.671. The third-order valence-corrected chi connectivity index (χ3v) is 9.78. The molecular weight excluding hydrogens is 601 g/mol. The average Bonchev–Trinajstić information content (AvgIpc) is 3.82. The van der Waals surface area contributed by atoms with Crippen LogP contribution in [0.15, 0.2) is 150 Å². The minimum atomic E-state index is 0.579. The Morgan fingerprint density at radius 1 is 0.490 bits per heavy atom. The Morgan fingerprint density at radius 2 is 1.20 bits per heavy atom. The summed E-state index contributed by atoms with van der Waals surface area (Å²) in [6.07, 6.45) is 0. The summed E-state index contributed by atoms with van der Waals surface area (Å²) < 4.78 is 11.2. The van der Waals surface area contributed by atoms with Crippen LogP contribution >= 0.6 is 0 Å². The Labute approximate surface area is 280 Å².